The number of aromatic nitrogens is 2. The molecule has 0 bridgehead atoms. The van der Waals surface area contributed by atoms with E-state index in [0.717, 1.165) is 10.2 Å². The average Bonchev–Trinajstić information content (AvgIpc) is 3.32. The maximum Gasteiger partial charge on any atom is 0.286 e. The first-order valence-corrected chi connectivity index (χ1v) is 9.53. The normalized spacial score (nSPS) is 10.9. The molecule has 0 unspecified atom stereocenters. The Hall–Kier alpha value is -2.69. The van der Waals surface area contributed by atoms with Crippen molar-refractivity contribution >= 4 is 61.0 Å². The van der Waals surface area contributed by atoms with E-state index in [1.165, 1.54) is 45.5 Å². The first-order valence-electron chi connectivity index (χ1n) is 6.96. The molecule has 1 aromatic carbocycles. The topological polar surface area (TPSA) is 98.0 Å². The van der Waals surface area contributed by atoms with Crippen LogP contribution in [0.15, 0.2) is 41.1 Å². The van der Waals surface area contributed by atoms with Gasteiger partial charge in [-0.1, -0.05) is 12.1 Å². The molecule has 124 valence electrons. The Balaban J connectivity index is 1.53. The monoisotopic (exact) mass is 388 g/mol. The number of carbonyl (C=O) groups excluding carboxylic acids is 1. The number of nitrogens with zero attached hydrogens (tertiary/aromatic N) is 3. The van der Waals surface area contributed by atoms with Gasteiger partial charge in [0.2, 0.25) is 0 Å². The van der Waals surface area contributed by atoms with E-state index in [2.05, 4.69) is 15.3 Å². The summed E-state index contributed by atoms with van der Waals surface area (Å²) >= 11 is 3.82. The fraction of sp³-hybridized carbons (Fsp3) is 0. The Labute approximate surface area is 152 Å². The van der Waals surface area contributed by atoms with Gasteiger partial charge in [-0.3, -0.25) is 20.2 Å². The van der Waals surface area contributed by atoms with Crippen molar-refractivity contribution < 1.29 is 9.72 Å². The Morgan fingerprint density at radius 3 is 2.76 bits per heavy atom. The largest absolute Gasteiger partial charge is 0.296 e. The number of amides is 1. The van der Waals surface area contributed by atoms with Crippen LogP contribution in [0.2, 0.25) is 0 Å². The standard InChI is InChI=1S/C15H8N4O3S3/c20-13(14-16-9-3-1-2-4-11(9)25-14)18-15-17-10(7-24-15)12-5-8(6-23-12)19(21)22/h1-7H,(H,17,18,20). The summed E-state index contributed by atoms with van der Waals surface area (Å²) in [6.45, 7) is 0. The van der Waals surface area contributed by atoms with Gasteiger partial charge in [0.25, 0.3) is 11.6 Å². The zero-order valence-corrected chi connectivity index (χ0v) is 14.8. The summed E-state index contributed by atoms with van der Waals surface area (Å²) in [6.07, 6.45) is 0. The van der Waals surface area contributed by atoms with Gasteiger partial charge in [-0.05, 0) is 12.1 Å². The summed E-state index contributed by atoms with van der Waals surface area (Å²) in [5, 5.41) is 17.5. The SMILES string of the molecule is O=C(Nc1nc(-c2cc([N+](=O)[O-])cs2)cs1)c1nc2ccccc2s1. The number of hydrogen-bond donors (Lipinski definition) is 1. The van der Waals surface area contributed by atoms with Gasteiger partial charge in [0.15, 0.2) is 10.1 Å². The van der Waals surface area contributed by atoms with E-state index in [-0.39, 0.29) is 11.6 Å². The number of anilines is 1. The smallest absolute Gasteiger partial charge is 0.286 e. The summed E-state index contributed by atoms with van der Waals surface area (Å²) in [7, 11) is 0. The highest BCUT2D eigenvalue weighted by atomic mass is 32.1. The van der Waals surface area contributed by atoms with Crippen molar-refractivity contribution in [2.75, 3.05) is 5.32 Å². The third kappa shape index (κ3) is 3.14. The molecule has 0 saturated carbocycles. The first-order chi connectivity index (χ1) is 12.1. The molecule has 10 heteroatoms. The lowest BCUT2D eigenvalue weighted by Crippen LogP contribution is -2.11. The first kappa shape index (κ1) is 15.8. The number of benzene rings is 1. The zero-order chi connectivity index (χ0) is 17.4. The molecule has 1 N–H and O–H groups in total. The molecular weight excluding hydrogens is 380 g/mol. The number of hydrogen-bond acceptors (Lipinski definition) is 8. The fourth-order valence-electron chi connectivity index (χ4n) is 2.12. The fourth-order valence-corrected chi connectivity index (χ4v) is 4.58. The van der Waals surface area contributed by atoms with Crippen molar-refractivity contribution in [1.82, 2.24) is 9.97 Å². The van der Waals surface area contributed by atoms with Crippen molar-refractivity contribution in [2.24, 2.45) is 0 Å². The molecule has 0 aliphatic heterocycles. The van der Waals surface area contributed by atoms with Crippen molar-refractivity contribution in [3.8, 4) is 10.6 Å². The molecule has 1 amide bonds. The molecule has 4 rings (SSSR count). The van der Waals surface area contributed by atoms with Crippen LogP contribution in [-0.4, -0.2) is 20.8 Å². The number of thiazole rings is 2. The third-order valence-corrected chi connectivity index (χ3v) is 5.99. The van der Waals surface area contributed by atoms with Gasteiger partial charge in [0.05, 0.1) is 31.1 Å². The Bertz CT molecular complexity index is 1070. The molecule has 0 spiro atoms. The molecule has 3 aromatic heterocycles. The number of thiophene rings is 1. The van der Waals surface area contributed by atoms with Crippen LogP contribution in [0.3, 0.4) is 0 Å². The second kappa shape index (κ2) is 6.31. The van der Waals surface area contributed by atoms with Crippen molar-refractivity contribution in [2.45, 2.75) is 0 Å². The lowest BCUT2D eigenvalue weighted by atomic mass is 10.3. The second-order valence-electron chi connectivity index (χ2n) is 4.91. The van der Waals surface area contributed by atoms with E-state index in [4.69, 9.17) is 0 Å². The minimum absolute atomic E-state index is 0.0352. The van der Waals surface area contributed by atoms with Crippen LogP contribution >= 0.6 is 34.0 Å². The molecule has 7 nitrogen and oxygen atoms in total. The summed E-state index contributed by atoms with van der Waals surface area (Å²) < 4.78 is 0.943. The molecule has 0 saturated heterocycles. The molecular formula is C15H8N4O3S3. The molecule has 0 aliphatic rings. The minimum Gasteiger partial charge on any atom is -0.296 e. The zero-order valence-electron chi connectivity index (χ0n) is 12.3. The predicted molar refractivity (Wildman–Crippen MR) is 99.7 cm³/mol. The van der Waals surface area contributed by atoms with Gasteiger partial charge >= 0.3 is 0 Å². The Morgan fingerprint density at radius 2 is 2.00 bits per heavy atom. The predicted octanol–water partition coefficient (Wildman–Crippen LogP) is 4.64. The van der Waals surface area contributed by atoms with Gasteiger partial charge in [-0.25, -0.2) is 9.97 Å². The number of rotatable bonds is 4. The van der Waals surface area contributed by atoms with Gasteiger partial charge < -0.3 is 0 Å². The van der Waals surface area contributed by atoms with E-state index < -0.39 is 4.92 Å². The lowest BCUT2D eigenvalue weighted by Gasteiger charge is -1.96. The summed E-state index contributed by atoms with van der Waals surface area (Å²) in [4.78, 5) is 32.0. The average molecular weight is 388 g/mol. The highest BCUT2D eigenvalue weighted by Crippen LogP contribution is 2.33. The van der Waals surface area contributed by atoms with Crippen molar-refractivity contribution in [1.29, 1.82) is 0 Å². The summed E-state index contributed by atoms with van der Waals surface area (Å²) in [6, 6.07) is 9.01. The number of fused-ring (bicyclic) bond motifs is 1. The van der Waals surface area contributed by atoms with E-state index in [1.54, 1.807) is 5.38 Å². The minimum atomic E-state index is -0.442. The van der Waals surface area contributed by atoms with Crippen LogP contribution in [0.1, 0.15) is 9.80 Å². The van der Waals surface area contributed by atoms with Crippen LogP contribution in [0, 0.1) is 10.1 Å². The molecule has 3 heterocycles. The molecule has 25 heavy (non-hydrogen) atoms. The molecule has 0 atom stereocenters. The Morgan fingerprint density at radius 1 is 1.16 bits per heavy atom. The summed E-state index contributed by atoms with van der Waals surface area (Å²) in [5.74, 6) is -0.320. The molecule has 4 aromatic rings. The number of carbonyl (C=O) groups is 1. The second-order valence-corrected chi connectivity index (χ2v) is 7.71. The van der Waals surface area contributed by atoms with Crippen molar-refractivity contribution in [3.05, 3.63) is 56.2 Å². The van der Waals surface area contributed by atoms with Crippen LogP contribution in [0.25, 0.3) is 20.8 Å². The van der Waals surface area contributed by atoms with Gasteiger partial charge in [0.1, 0.15) is 0 Å². The number of nitrogens with one attached hydrogen (secondary N) is 1. The van der Waals surface area contributed by atoms with Gasteiger partial charge in [-0.15, -0.1) is 34.0 Å². The summed E-state index contributed by atoms with van der Waals surface area (Å²) in [5.41, 5.74) is 1.42. The van der Waals surface area contributed by atoms with E-state index in [1.807, 2.05) is 24.3 Å². The highest BCUT2D eigenvalue weighted by Gasteiger charge is 2.16. The van der Waals surface area contributed by atoms with E-state index in [9.17, 15) is 14.9 Å². The quantitative estimate of drug-likeness (QED) is 0.405. The number of nitro groups is 1. The number of para-hydroxylation sites is 1. The highest BCUT2D eigenvalue weighted by molar-refractivity contribution is 7.20. The molecule has 0 aliphatic carbocycles. The third-order valence-electron chi connectivity index (χ3n) is 3.26. The van der Waals surface area contributed by atoms with Crippen molar-refractivity contribution in [3.63, 3.8) is 0 Å². The maximum atomic E-state index is 12.3. The van der Waals surface area contributed by atoms with Gasteiger partial charge in [0, 0.05) is 11.4 Å². The van der Waals surface area contributed by atoms with Gasteiger partial charge in [-0.2, -0.15) is 0 Å². The van der Waals surface area contributed by atoms with E-state index >= 15 is 0 Å². The molecule has 0 fully saturated rings. The van der Waals surface area contributed by atoms with Crippen LogP contribution in [-0.2, 0) is 0 Å². The van der Waals surface area contributed by atoms with Crippen LogP contribution < -0.4 is 5.32 Å². The van der Waals surface area contributed by atoms with Crippen LogP contribution in [0.5, 0.6) is 0 Å². The molecule has 0 radical (unpaired) electrons. The lowest BCUT2D eigenvalue weighted by molar-refractivity contribution is -0.384. The Kier molecular flexibility index (Phi) is 3.99. The maximum absolute atomic E-state index is 12.3. The van der Waals surface area contributed by atoms with Crippen LogP contribution in [0.4, 0.5) is 10.8 Å². The van der Waals surface area contributed by atoms with E-state index in [0.29, 0.717) is 20.7 Å².